The lowest BCUT2D eigenvalue weighted by Crippen LogP contribution is -2.21. The lowest BCUT2D eigenvalue weighted by Gasteiger charge is -2.10. The molecule has 4 aromatic rings. The van der Waals surface area contributed by atoms with Crippen LogP contribution in [0.1, 0.15) is 10.4 Å². The van der Waals surface area contributed by atoms with E-state index in [1.165, 1.54) is 0 Å². The van der Waals surface area contributed by atoms with E-state index in [9.17, 15) is 4.79 Å². The minimum Gasteiger partial charge on any atom is -0.497 e. The highest BCUT2D eigenvalue weighted by Crippen LogP contribution is 2.27. The van der Waals surface area contributed by atoms with E-state index in [0.29, 0.717) is 5.56 Å². The van der Waals surface area contributed by atoms with E-state index in [0.717, 1.165) is 39.4 Å². The Kier molecular flexibility index (Phi) is 4.91. The fourth-order valence-electron chi connectivity index (χ4n) is 3.15. The first-order valence-corrected chi connectivity index (χ1v) is 9.25. The Morgan fingerprint density at radius 2 is 1.86 bits per heavy atom. The Balaban J connectivity index is 1.59. The van der Waals surface area contributed by atoms with Crippen LogP contribution in [0.3, 0.4) is 0 Å². The summed E-state index contributed by atoms with van der Waals surface area (Å²) in [6, 6.07) is 19.3. The lowest BCUT2D eigenvalue weighted by atomic mass is 10.1. The van der Waals surface area contributed by atoms with Crippen LogP contribution in [-0.4, -0.2) is 42.0 Å². The molecule has 0 atom stereocenters. The Labute approximate surface area is 169 Å². The van der Waals surface area contributed by atoms with Gasteiger partial charge in [0.05, 0.1) is 12.6 Å². The van der Waals surface area contributed by atoms with Crippen molar-refractivity contribution in [2.75, 3.05) is 26.5 Å². The third-order valence-electron chi connectivity index (χ3n) is 4.70. The second-order valence-electron chi connectivity index (χ2n) is 6.97. The maximum Gasteiger partial charge on any atom is 0.253 e. The third-order valence-corrected chi connectivity index (χ3v) is 4.70. The first-order chi connectivity index (χ1) is 14.0. The number of fused-ring (bicyclic) bond motifs is 1. The van der Waals surface area contributed by atoms with Crippen LogP contribution in [0.5, 0.6) is 5.75 Å². The van der Waals surface area contributed by atoms with Crippen LogP contribution in [0.4, 0.5) is 11.5 Å². The largest absolute Gasteiger partial charge is 0.497 e. The van der Waals surface area contributed by atoms with E-state index in [1.807, 2.05) is 60.8 Å². The van der Waals surface area contributed by atoms with Crippen LogP contribution in [0, 0.1) is 0 Å². The minimum absolute atomic E-state index is 0.00865. The van der Waals surface area contributed by atoms with Crippen molar-refractivity contribution in [2.45, 2.75) is 0 Å². The summed E-state index contributed by atoms with van der Waals surface area (Å²) in [4.78, 5) is 21.6. The molecule has 0 saturated heterocycles. The number of ether oxygens (including phenoxy) is 1. The van der Waals surface area contributed by atoms with Gasteiger partial charge in [0.15, 0.2) is 0 Å². The van der Waals surface area contributed by atoms with E-state index in [2.05, 4.69) is 21.4 Å². The number of aromatic amines is 1. The lowest BCUT2D eigenvalue weighted by molar-refractivity contribution is 0.0827. The average molecular weight is 386 g/mol. The smallest absolute Gasteiger partial charge is 0.253 e. The Morgan fingerprint density at radius 1 is 1.07 bits per heavy atom. The number of amides is 1. The molecule has 0 bridgehead atoms. The number of nitrogens with one attached hydrogen (secondary N) is 2. The van der Waals surface area contributed by atoms with Gasteiger partial charge in [0.1, 0.15) is 11.6 Å². The van der Waals surface area contributed by atoms with Gasteiger partial charge in [-0.3, -0.25) is 4.79 Å². The normalized spacial score (nSPS) is 10.7. The van der Waals surface area contributed by atoms with Crippen LogP contribution in [-0.2, 0) is 0 Å². The van der Waals surface area contributed by atoms with Gasteiger partial charge < -0.3 is 19.9 Å². The van der Waals surface area contributed by atoms with Crippen LogP contribution < -0.4 is 10.1 Å². The molecule has 2 heterocycles. The second-order valence-corrected chi connectivity index (χ2v) is 6.97. The van der Waals surface area contributed by atoms with Crippen molar-refractivity contribution < 1.29 is 9.53 Å². The molecule has 0 aliphatic rings. The van der Waals surface area contributed by atoms with E-state index < -0.39 is 0 Å². The van der Waals surface area contributed by atoms with E-state index >= 15 is 0 Å². The highest BCUT2D eigenvalue weighted by molar-refractivity contribution is 5.94. The van der Waals surface area contributed by atoms with Crippen molar-refractivity contribution in [3.05, 3.63) is 72.4 Å². The van der Waals surface area contributed by atoms with E-state index in [-0.39, 0.29) is 5.91 Å². The maximum atomic E-state index is 12.1. The predicted octanol–water partition coefficient (Wildman–Crippen LogP) is 4.68. The van der Waals surface area contributed by atoms with Crippen molar-refractivity contribution in [2.24, 2.45) is 0 Å². The number of methoxy groups -OCH3 is 1. The molecule has 2 N–H and O–H groups in total. The number of nitrogens with zero attached hydrogens (tertiary/aromatic N) is 2. The molecule has 0 fully saturated rings. The zero-order valence-electron chi connectivity index (χ0n) is 16.6. The Hall–Kier alpha value is -3.80. The molecule has 6 nitrogen and oxygen atoms in total. The van der Waals surface area contributed by atoms with Crippen LogP contribution >= 0.6 is 0 Å². The van der Waals surface area contributed by atoms with Gasteiger partial charge in [-0.05, 0) is 35.9 Å². The zero-order valence-corrected chi connectivity index (χ0v) is 16.6. The zero-order chi connectivity index (χ0) is 20.4. The molecule has 0 radical (unpaired) electrons. The number of carbonyl (C=O) groups is 1. The number of H-pyrrole nitrogens is 1. The molecule has 0 aliphatic heterocycles. The molecule has 2 aromatic carbocycles. The summed E-state index contributed by atoms with van der Waals surface area (Å²) >= 11 is 0. The van der Waals surface area contributed by atoms with Crippen molar-refractivity contribution in [3.8, 4) is 17.0 Å². The molecular weight excluding hydrogens is 364 g/mol. The van der Waals surface area contributed by atoms with Crippen LogP contribution in [0.25, 0.3) is 22.2 Å². The molecule has 4 rings (SSSR count). The molecule has 146 valence electrons. The summed E-state index contributed by atoms with van der Waals surface area (Å²) in [5.74, 6) is 1.52. The summed E-state index contributed by atoms with van der Waals surface area (Å²) in [7, 11) is 5.14. The molecule has 0 unspecified atom stereocenters. The van der Waals surface area contributed by atoms with Gasteiger partial charge in [-0.15, -0.1) is 0 Å². The van der Waals surface area contributed by atoms with E-state index in [1.54, 1.807) is 26.1 Å². The number of anilines is 2. The molecule has 6 heteroatoms. The quantitative estimate of drug-likeness (QED) is 0.522. The number of carbonyl (C=O) groups excluding carboxylic acids is 1. The van der Waals surface area contributed by atoms with Crippen molar-refractivity contribution in [1.29, 1.82) is 0 Å². The van der Waals surface area contributed by atoms with Crippen molar-refractivity contribution in [3.63, 3.8) is 0 Å². The van der Waals surface area contributed by atoms with Gasteiger partial charge in [0.2, 0.25) is 0 Å². The molecule has 1 amide bonds. The van der Waals surface area contributed by atoms with Gasteiger partial charge in [0, 0.05) is 54.8 Å². The maximum absolute atomic E-state index is 12.1. The third kappa shape index (κ3) is 3.91. The highest BCUT2D eigenvalue weighted by atomic mass is 16.5. The van der Waals surface area contributed by atoms with Crippen molar-refractivity contribution >= 4 is 28.3 Å². The molecular formula is C23H22N4O2. The van der Waals surface area contributed by atoms with Crippen LogP contribution in [0.2, 0.25) is 0 Å². The Bertz CT molecular complexity index is 1160. The minimum atomic E-state index is -0.00865. The van der Waals surface area contributed by atoms with Gasteiger partial charge in [-0.2, -0.15) is 0 Å². The highest BCUT2D eigenvalue weighted by Gasteiger charge is 2.09. The fourth-order valence-corrected chi connectivity index (χ4v) is 3.15. The monoisotopic (exact) mass is 386 g/mol. The topological polar surface area (TPSA) is 70.2 Å². The molecule has 29 heavy (non-hydrogen) atoms. The summed E-state index contributed by atoms with van der Waals surface area (Å²) < 4.78 is 5.26. The molecule has 0 saturated carbocycles. The number of aromatic nitrogens is 2. The van der Waals surface area contributed by atoms with Crippen LogP contribution in [0.15, 0.2) is 66.9 Å². The summed E-state index contributed by atoms with van der Waals surface area (Å²) in [6.45, 7) is 0. The second kappa shape index (κ2) is 7.67. The summed E-state index contributed by atoms with van der Waals surface area (Å²) in [5, 5.41) is 4.32. The molecule has 0 aliphatic carbocycles. The number of hydrogen-bond donors (Lipinski definition) is 2. The fraction of sp³-hybridized carbons (Fsp3) is 0.130. The first kappa shape index (κ1) is 18.6. The average Bonchev–Trinajstić information content (AvgIpc) is 3.17. The molecule has 0 spiro atoms. The van der Waals surface area contributed by atoms with Crippen molar-refractivity contribution in [1.82, 2.24) is 14.9 Å². The number of pyridine rings is 1. The number of rotatable bonds is 5. The standard InChI is InChI=1S/C23H22N4O2/c1-27(2)23(28)16-9-7-15(8-10-16)20-11-17-14-24-22(13-21(17)26-20)25-18-5-4-6-19(12-18)29-3/h4-14,26H,1-3H3,(H,24,25). The number of hydrogen-bond acceptors (Lipinski definition) is 4. The summed E-state index contributed by atoms with van der Waals surface area (Å²) in [5.41, 5.74) is 4.54. The van der Waals surface area contributed by atoms with Gasteiger partial charge in [0.25, 0.3) is 5.91 Å². The SMILES string of the molecule is COc1cccc(Nc2cc3[nH]c(-c4ccc(C(=O)N(C)C)cc4)cc3cn2)c1. The van der Waals surface area contributed by atoms with E-state index in [4.69, 9.17) is 4.74 Å². The Morgan fingerprint density at radius 3 is 2.59 bits per heavy atom. The van der Waals surface area contributed by atoms with Gasteiger partial charge in [-0.1, -0.05) is 18.2 Å². The van der Waals surface area contributed by atoms with Gasteiger partial charge >= 0.3 is 0 Å². The number of benzene rings is 2. The van der Waals surface area contributed by atoms with Gasteiger partial charge in [-0.25, -0.2) is 4.98 Å². The summed E-state index contributed by atoms with van der Waals surface area (Å²) in [6.07, 6.45) is 1.84. The molecule has 2 aromatic heterocycles. The predicted molar refractivity (Wildman–Crippen MR) is 116 cm³/mol. The first-order valence-electron chi connectivity index (χ1n) is 9.25.